The summed E-state index contributed by atoms with van der Waals surface area (Å²) in [5.74, 6) is 0.0767. The summed E-state index contributed by atoms with van der Waals surface area (Å²) in [6, 6.07) is 8.99. The lowest BCUT2D eigenvalue weighted by Gasteiger charge is -2.40. The number of nitrogens with zero attached hydrogens (tertiary/aromatic N) is 2. The molecule has 1 aliphatic rings. The summed E-state index contributed by atoms with van der Waals surface area (Å²) in [5, 5.41) is 3.38. The van der Waals surface area contributed by atoms with Crippen LogP contribution >= 0.6 is 0 Å². The first kappa shape index (κ1) is 18.9. The van der Waals surface area contributed by atoms with Crippen LogP contribution in [0.4, 0.5) is 0 Å². The van der Waals surface area contributed by atoms with Crippen molar-refractivity contribution in [1.29, 1.82) is 0 Å². The van der Waals surface area contributed by atoms with E-state index in [0.717, 1.165) is 31.2 Å². The van der Waals surface area contributed by atoms with Crippen LogP contribution < -0.4 is 5.32 Å². The van der Waals surface area contributed by atoms with Crippen molar-refractivity contribution in [3.63, 3.8) is 0 Å². The van der Waals surface area contributed by atoms with Gasteiger partial charge in [-0.1, -0.05) is 32.0 Å². The second kappa shape index (κ2) is 7.66. The number of amides is 1. The lowest BCUT2D eigenvalue weighted by Crippen LogP contribution is -2.49. The molecule has 1 aliphatic heterocycles. The van der Waals surface area contributed by atoms with Crippen molar-refractivity contribution in [1.82, 2.24) is 15.1 Å². The average molecular weight is 332 g/mol. The van der Waals surface area contributed by atoms with Gasteiger partial charge < -0.3 is 15.1 Å². The van der Waals surface area contributed by atoms with Gasteiger partial charge in [0.1, 0.15) is 0 Å². The molecule has 0 radical (unpaired) electrons. The van der Waals surface area contributed by atoms with Crippen LogP contribution in [-0.4, -0.2) is 56.0 Å². The monoisotopic (exact) mass is 331 g/mol. The fraction of sp³-hybridized carbons (Fsp3) is 0.650. The molecule has 4 nitrogen and oxygen atoms in total. The Bertz CT molecular complexity index is 550. The molecule has 0 saturated carbocycles. The number of fused-ring (bicyclic) bond motifs is 1. The zero-order chi connectivity index (χ0) is 17.9. The molecule has 1 aromatic rings. The van der Waals surface area contributed by atoms with Crippen LogP contribution in [0.3, 0.4) is 0 Å². The minimum absolute atomic E-state index is 0.0767. The van der Waals surface area contributed by atoms with Gasteiger partial charge in [-0.2, -0.15) is 0 Å². The van der Waals surface area contributed by atoms with Crippen molar-refractivity contribution in [3.8, 4) is 0 Å². The van der Waals surface area contributed by atoms with Crippen LogP contribution in [0.1, 0.15) is 55.5 Å². The lowest BCUT2D eigenvalue weighted by atomic mass is 9.78. The first-order valence-electron chi connectivity index (χ1n) is 9.09. The summed E-state index contributed by atoms with van der Waals surface area (Å²) in [4.78, 5) is 17.2. The Kier molecular flexibility index (Phi) is 6.05. The number of nitrogens with one attached hydrogen (secondary N) is 1. The number of carbonyl (C=O) groups is 1. The minimum atomic E-state index is -0.274. The predicted molar refractivity (Wildman–Crippen MR) is 100 cm³/mol. The third-order valence-electron chi connectivity index (χ3n) is 5.61. The van der Waals surface area contributed by atoms with Crippen molar-refractivity contribution in [2.75, 3.05) is 28.2 Å². The van der Waals surface area contributed by atoms with Gasteiger partial charge in [0.05, 0.1) is 5.54 Å². The Morgan fingerprint density at radius 2 is 1.46 bits per heavy atom. The number of carbonyl (C=O) groups excluding carboxylic acids is 1. The number of benzene rings is 1. The molecule has 2 rings (SSSR count). The maximum absolute atomic E-state index is 12.6. The molecule has 134 valence electrons. The smallest absolute Gasteiger partial charge is 0.252 e. The normalized spacial score (nSPS) is 22.6. The van der Waals surface area contributed by atoms with E-state index >= 15 is 0 Å². The predicted octanol–water partition coefficient (Wildman–Crippen LogP) is 3.09. The second-order valence-corrected chi connectivity index (χ2v) is 7.54. The Morgan fingerprint density at radius 1 is 0.958 bits per heavy atom. The number of hydrogen-bond acceptors (Lipinski definition) is 3. The van der Waals surface area contributed by atoms with E-state index in [2.05, 4.69) is 69.3 Å². The molecule has 1 aromatic carbocycles. The summed E-state index contributed by atoms with van der Waals surface area (Å²) in [5.41, 5.74) is 1.75. The highest BCUT2D eigenvalue weighted by molar-refractivity contribution is 6.00. The molecule has 2 atom stereocenters. The highest BCUT2D eigenvalue weighted by Gasteiger charge is 2.45. The fourth-order valence-corrected chi connectivity index (χ4v) is 4.04. The topological polar surface area (TPSA) is 35.6 Å². The van der Waals surface area contributed by atoms with E-state index < -0.39 is 0 Å². The van der Waals surface area contributed by atoms with E-state index in [9.17, 15) is 4.79 Å². The molecule has 0 spiro atoms. The summed E-state index contributed by atoms with van der Waals surface area (Å²) in [7, 11) is 8.53. The highest BCUT2D eigenvalue weighted by Crippen LogP contribution is 2.40. The van der Waals surface area contributed by atoms with Crippen molar-refractivity contribution >= 4 is 5.91 Å². The molecule has 1 N–H and O–H groups in total. The third-order valence-corrected chi connectivity index (χ3v) is 5.61. The maximum atomic E-state index is 12.6. The van der Waals surface area contributed by atoms with Crippen LogP contribution in [0, 0.1) is 0 Å². The van der Waals surface area contributed by atoms with Crippen LogP contribution in [0.25, 0.3) is 0 Å². The molecule has 0 bridgehead atoms. The molecule has 1 amide bonds. The molecule has 24 heavy (non-hydrogen) atoms. The third kappa shape index (κ3) is 3.65. The van der Waals surface area contributed by atoms with E-state index in [1.54, 1.807) is 0 Å². The van der Waals surface area contributed by atoms with Crippen molar-refractivity contribution in [2.45, 2.75) is 57.2 Å². The number of rotatable bonds is 8. The zero-order valence-electron chi connectivity index (χ0n) is 16.1. The van der Waals surface area contributed by atoms with Crippen molar-refractivity contribution < 1.29 is 4.79 Å². The summed E-state index contributed by atoms with van der Waals surface area (Å²) in [6.07, 6.45) is 4.05. The first-order chi connectivity index (χ1) is 11.3. The molecule has 2 unspecified atom stereocenters. The molecular formula is C20H33N3O. The van der Waals surface area contributed by atoms with Crippen molar-refractivity contribution in [2.24, 2.45) is 0 Å². The Balaban J connectivity index is 2.45. The van der Waals surface area contributed by atoms with E-state index in [0.29, 0.717) is 12.1 Å². The van der Waals surface area contributed by atoms with Gasteiger partial charge in [-0.15, -0.1) is 0 Å². The van der Waals surface area contributed by atoms with Crippen molar-refractivity contribution in [3.05, 3.63) is 35.4 Å². The van der Waals surface area contributed by atoms with Crippen LogP contribution in [0.15, 0.2) is 24.3 Å². The molecule has 1 heterocycles. The van der Waals surface area contributed by atoms with Gasteiger partial charge >= 0.3 is 0 Å². The molecule has 0 aromatic heterocycles. The van der Waals surface area contributed by atoms with Gasteiger partial charge in [0, 0.05) is 17.6 Å². The van der Waals surface area contributed by atoms with Crippen LogP contribution in [0.5, 0.6) is 0 Å². The van der Waals surface area contributed by atoms with Gasteiger partial charge in [-0.3, -0.25) is 4.79 Å². The maximum Gasteiger partial charge on any atom is 0.252 e. The quantitative estimate of drug-likeness (QED) is 0.795. The SMILES string of the molecule is CCC(CC1(CC(CC)N(C)C)NC(=O)c2ccccc21)N(C)C. The molecular weight excluding hydrogens is 298 g/mol. The van der Waals surface area contributed by atoms with E-state index in [1.807, 2.05) is 12.1 Å². The largest absolute Gasteiger partial charge is 0.342 e. The van der Waals surface area contributed by atoms with Gasteiger partial charge in [0.15, 0.2) is 0 Å². The van der Waals surface area contributed by atoms with E-state index in [4.69, 9.17) is 0 Å². The van der Waals surface area contributed by atoms with Crippen LogP contribution in [0.2, 0.25) is 0 Å². The Hall–Kier alpha value is -1.39. The van der Waals surface area contributed by atoms with E-state index in [1.165, 1.54) is 5.56 Å². The van der Waals surface area contributed by atoms with Gasteiger partial charge in [-0.25, -0.2) is 0 Å². The zero-order valence-corrected chi connectivity index (χ0v) is 16.1. The standard InChI is InChI=1S/C20H33N3O/c1-7-15(22(3)4)13-20(14-16(8-2)23(5)6)18-12-10-9-11-17(18)19(24)21-20/h9-12,15-16H,7-8,13-14H2,1-6H3,(H,21,24). The van der Waals surface area contributed by atoms with E-state index in [-0.39, 0.29) is 11.4 Å². The first-order valence-corrected chi connectivity index (χ1v) is 9.09. The summed E-state index contributed by atoms with van der Waals surface area (Å²) < 4.78 is 0. The van der Waals surface area contributed by atoms with Crippen LogP contribution in [-0.2, 0) is 5.54 Å². The lowest BCUT2D eigenvalue weighted by molar-refractivity contribution is 0.0870. The van der Waals surface area contributed by atoms with Gasteiger partial charge in [-0.05, 0) is 65.5 Å². The average Bonchev–Trinajstić information content (AvgIpc) is 2.83. The molecule has 0 fully saturated rings. The van der Waals surface area contributed by atoms with Gasteiger partial charge in [0.2, 0.25) is 0 Å². The van der Waals surface area contributed by atoms with Gasteiger partial charge in [0.25, 0.3) is 5.91 Å². The minimum Gasteiger partial charge on any atom is -0.342 e. The molecule has 4 heteroatoms. The fourth-order valence-electron chi connectivity index (χ4n) is 4.04. The number of hydrogen-bond donors (Lipinski definition) is 1. The molecule has 0 aliphatic carbocycles. The Morgan fingerprint density at radius 3 is 1.92 bits per heavy atom. The molecule has 0 saturated heterocycles. The second-order valence-electron chi connectivity index (χ2n) is 7.54. The highest BCUT2D eigenvalue weighted by atomic mass is 16.2. The summed E-state index contributed by atoms with van der Waals surface area (Å²) in [6.45, 7) is 4.45. The summed E-state index contributed by atoms with van der Waals surface area (Å²) >= 11 is 0. The Labute approximate surface area is 147 Å².